The lowest BCUT2D eigenvalue weighted by atomic mass is 10.2. The Balaban J connectivity index is 1.88. The van der Waals surface area contributed by atoms with Gasteiger partial charge in [0.2, 0.25) is 0 Å². The molecule has 8 heteroatoms. The first-order chi connectivity index (χ1) is 11.4. The van der Waals surface area contributed by atoms with Gasteiger partial charge in [-0.15, -0.1) is 0 Å². The summed E-state index contributed by atoms with van der Waals surface area (Å²) >= 11 is 0. The highest BCUT2D eigenvalue weighted by Gasteiger charge is 2.21. The Morgan fingerprint density at radius 3 is 2.42 bits per heavy atom. The molecule has 24 heavy (non-hydrogen) atoms. The molecule has 0 heterocycles. The zero-order valence-corrected chi connectivity index (χ0v) is 13.7. The molecule has 0 atom stereocenters. The summed E-state index contributed by atoms with van der Waals surface area (Å²) in [5, 5.41) is 2.69. The molecule has 0 amide bonds. The fraction of sp³-hybridized carbons (Fsp3) is 0.562. The first-order valence-electron chi connectivity index (χ1n) is 7.75. The van der Waals surface area contributed by atoms with E-state index in [-0.39, 0.29) is 6.07 Å². The summed E-state index contributed by atoms with van der Waals surface area (Å²) in [6, 6.07) is 0.187. The third kappa shape index (κ3) is 4.83. The summed E-state index contributed by atoms with van der Waals surface area (Å²) in [5.41, 5.74) is -0.702. The molecule has 2 rings (SSSR count). The van der Waals surface area contributed by atoms with Gasteiger partial charge in [0.25, 0.3) is 0 Å². The van der Waals surface area contributed by atoms with E-state index in [1.165, 1.54) is 19.9 Å². The maximum absolute atomic E-state index is 13.6. The molecule has 1 aromatic carbocycles. The molecule has 0 bridgehead atoms. The number of nitrogens with one attached hydrogen (secondary N) is 1. The van der Waals surface area contributed by atoms with Crippen LogP contribution in [0.2, 0.25) is 0 Å². The Bertz CT molecular complexity index is 579. The molecule has 1 fully saturated rings. The minimum Gasteiger partial charge on any atom is -0.379 e. The summed E-state index contributed by atoms with van der Waals surface area (Å²) < 4.78 is 59.2. The molecule has 1 aromatic rings. The van der Waals surface area contributed by atoms with Crippen molar-refractivity contribution in [1.29, 1.82) is 0 Å². The van der Waals surface area contributed by atoms with Crippen LogP contribution in [0.3, 0.4) is 0 Å². The zero-order chi connectivity index (χ0) is 17.7. The molecule has 0 radical (unpaired) electrons. The highest BCUT2D eigenvalue weighted by Crippen LogP contribution is 2.28. The lowest BCUT2D eigenvalue weighted by molar-refractivity contribution is 0.115. The number of likely N-dealkylation sites (N-methyl/N-ethyl adjacent to an activating group) is 1. The predicted molar refractivity (Wildman–Crippen MR) is 82.6 cm³/mol. The van der Waals surface area contributed by atoms with Crippen LogP contribution in [0.1, 0.15) is 18.4 Å². The summed E-state index contributed by atoms with van der Waals surface area (Å²) in [5.74, 6) is -4.67. The van der Waals surface area contributed by atoms with E-state index < -0.39 is 35.4 Å². The van der Waals surface area contributed by atoms with Gasteiger partial charge in [0, 0.05) is 45.4 Å². The summed E-state index contributed by atoms with van der Waals surface area (Å²) in [6.07, 6.45) is 2.42. The lowest BCUT2D eigenvalue weighted by Crippen LogP contribution is -2.40. The van der Waals surface area contributed by atoms with Crippen molar-refractivity contribution in [1.82, 2.24) is 10.2 Å². The smallest absolute Gasteiger partial charge is 0.193 e. The Kier molecular flexibility index (Phi) is 6.42. The molecule has 0 unspecified atom stereocenters. The lowest BCUT2D eigenvalue weighted by Gasteiger charge is -2.22. The second-order valence-electron chi connectivity index (χ2n) is 5.79. The van der Waals surface area contributed by atoms with Crippen LogP contribution in [-0.4, -0.2) is 44.7 Å². The molecule has 134 valence electrons. The van der Waals surface area contributed by atoms with E-state index in [0.717, 1.165) is 6.61 Å². The van der Waals surface area contributed by atoms with Gasteiger partial charge in [0.15, 0.2) is 29.2 Å². The highest BCUT2D eigenvalue weighted by molar-refractivity contribution is 5.79. The van der Waals surface area contributed by atoms with Gasteiger partial charge < -0.3 is 15.0 Å². The average Bonchev–Trinajstić information content (AvgIpc) is 3.37. The van der Waals surface area contributed by atoms with Gasteiger partial charge in [0.1, 0.15) is 0 Å². The number of nitrogens with zero attached hydrogens (tertiary/aromatic N) is 2. The second-order valence-corrected chi connectivity index (χ2v) is 5.79. The molecule has 0 aromatic heterocycles. The second kappa shape index (κ2) is 8.32. The van der Waals surface area contributed by atoms with E-state index in [1.54, 1.807) is 11.9 Å². The fourth-order valence-corrected chi connectivity index (χ4v) is 2.17. The zero-order valence-electron chi connectivity index (χ0n) is 13.7. The Labute approximate surface area is 138 Å². The normalized spacial score (nSPS) is 14.8. The van der Waals surface area contributed by atoms with E-state index in [2.05, 4.69) is 10.3 Å². The minimum atomic E-state index is -1.43. The molecule has 0 spiro atoms. The Morgan fingerprint density at radius 2 is 1.88 bits per heavy atom. The number of ether oxygens (including phenoxy) is 1. The van der Waals surface area contributed by atoms with Crippen molar-refractivity contribution in [3.05, 3.63) is 34.9 Å². The molecular weight excluding hydrogens is 326 g/mol. The van der Waals surface area contributed by atoms with Crippen LogP contribution in [-0.2, 0) is 11.3 Å². The standard InChI is InChI=1S/C16H21F4N3O/c1-21-16(23(2)5-6-24-9-10-3-4-10)22-8-11-14(19)12(17)7-13(18)15(11)20/h7,10H,3-6,8-9H2,1-2H3,(H,21,22). The maximum atomic E-state index is 13.6. The highest BCUT2D eigenvalue weighted by atomic mass is 19.2. The fourth-order valence-electron chi connectivity index (χ4n) is 2.17. The number of halogens is 4. The minimum absolute atomic E-state index is 0.187. The van der Waals surface area contributed by atoms with Crippen LogP contribution < -0.4 is 5.32 Å². The van der Waals surface area contributed by atoms with Crippen LogP contribution in [0.4, 0.5) is 17.6 Å². The van der Waals surface area contributed by atoms with E-state index >= 15 is 0 Å². The van der Waals surface area contributed by atoms with Gasteiger partial charge in [0.05, 0.1) is 6.61 Å². The molecule has 0 saturated heterocycles. The number of guanidine groups is 1. The van der Waals surface area contributed by atoms with Crippen LogP contribution in [0.5, 0.6) is 0 Å². The van der Waals surface area contributed by atoms with Crippen molar-refractivity contribution in [2.45, 2.75) is 19.4 Å². The molecule has 1 aliphatic rings. The third-order valence-electron chi connectivity index (χ3n) is 3.82. The monoisotopic (exact) mass is 347 g/mol. The van der Waals surface area contributed by atoms with Crippen LogP contribution in [0.25, 0.3) is 0 Å². The first kappa shape index (κ1) is 18.5. The van der Waals surface area contributed by atoms with Crippen molar-refractivity contribution in [3.8, 4) is 0 Å². The molecule has 4 nitrogen and oxygen atoms in total. The molecule has 1 aliphatic carbocycles. The van der Waals surface area contributed by atoms with Crippen molar-refractivity contribution in [2.24, 2.45) is 10.9 Å². The summed E-state index contributed by atoms with van der Waals surface area (Å²) in [4.78, 5) is 5.68. The summed E-state index contributed by atoms with van der Waals surface area (Å²) in [7, 11) is 3.23. The van der Waals surface area contributed by atoms with Gasteiger partial charge in [-0.25, -0.2) is 17.6 Å². The molecule has 1 saturated carbocycles. The van der Waals surface area contributed by atoms with Gasteiger partial charge in [-0.05, 0) is 18.8 Å². The first-order valence-corrected chi connectivity index (χ1v) is 7.75. The predicted octanol–water partition coefficient (Wildman–Crippen LogP) is 2.68. The van der Waals surface area contributed by atoms with Gasteiger partial charge >= 0.3 is 0 Å². The molecule has 0 aliphatic heterocycles. The van der Waals surface area contributed by atoms with E-state index in [0.29, 0.717) is 25.0 Å². The van der Waals surface area contributed by atoms with Gasteiger partial charge in [-0.2, -0.15) is 0 Å². The number of aliphatic imine (C=N–C) groups is 1. The topological polar surface area (TPSA) is 36.9 Å². The van der Waals surface area contributed by atoms with Crippen LogP contribution in [0.15, 0.2) is 11.1 Å². The van der Waals surface area contributed by atoms with Crippen molar-refractivity contribution >= 4 is 5.96 Å². The van der Waals surface area contributed by atoms with Crippen molar-refractivity contribution in [3.63, 3.8) is 0 Å². The number of rotatable bonds is 7. The largest absolute Gasteiger partial charge is 0.379 e. The van der Waals surface area contributed by atoms with E-state index in [9.17, 15) is 17.6 Å². The number of benzene rings is 1. The molecule has 1 N–H and O–H groups in total. The average molecular weight is 347 g/mol. The SMILES string of the molecule is CN=C(NCc1c(F)c(F)cc(F)c1F)N(C)CCOCC1CC1. The van der Waals surface area contributed by atoms with Crippen LogP contribution >= 0.6 is 0 Å². The van der Waals surface area contributed by atoms with Gasteiger partial charge in [-0.1, -0.05) is 0 Å². The number of hydrogen-bond donors (Lipinski definition) is 1. The van der Waals surface area contributed by atoms with Gasteiger partial charge in [-0.3, -0.25) is 4.99 Å². The Hall–Kier alpha value is -1.83. The maximum Gasteiger partial charge on any atom is 0.193 e. The molecular formula is C16H21F4N3O. The number of hydrogen-bond acceptors (Lipinski definition) is 2. The van der Waals surface area contributed by atoms with Crippen molar-refractivity contribution < 1.29 is 22.3 Å². The van der Waals surface area contributed by atoms with E-state index in [1.807, 2.05) is 0 Å². The summed E-state index contributed by atoms with van der Waals surface area (Å²) in [6.45, 7) is 1.32. The Morgan fingerprint density at radius 1 is 1.25 bits per heavy atom. The third-order valence-corrected chi connectivity index (χ3v) is 3.82. The van der Waals surface area contributed by atoms with Crippen molar-refractivity contribution in [2.75, 3.05) is 33.9 Å². The quantitative estimate of drug-likeness (QED) is 0.271. The van der Waals surface area contributed by atoms with E-state index in [4.69, 9.17) is 4.74 Å². The van der Waals surface area contributed by atoms with Crippen LogP contribution in [0, 0.1) is 29.2 Å².